The Bertz CT molecular complexity index is 884. The van der Waals surface area contributed by atoms with E-state index in [9.17, 15) is 9.59 Å². The molecule has 3 heterocycles. The Balaban J connectivity index is 1.44. The Morgan fingerprint density at radius 2 is 1.93 bits per heavy atom. The van der Waals surface area contributed by atoms with E-state index in [2.05, 4.69) is 21.8 Å². The van der Waals surface area contributed by atoms with E-state index in [1.165, 1.54) is 25.5 Å². The van der Waals surface area contributed by atoms with Crippen LogP contribution < -0.4 is 5.56 Å². The van der Waals surface area contributed by atoms with Gasteiger partial charge in [-0.15, -0.1) is 0 Å². The number of benzene rings is 1. The van der Waals surface area contributed by atoms with Gasteiger partial charge >= 0.3 is 0 Å². The Kier molecular flexibility index (Phi) is 4.83. The Labute approximate surface area is 159 Å². The summed E-state index contributed by atoms with van der Waals surface area (Å²) in [7, 11) is 0. The fraction of sp³-hybridized carbons (Fsp3) is 0.476. The second kappa shape index (κ2) is 7.27. The lowest BCUT2D eigenvalue weighted by molar-refractivity contribution is 0.00200. The number of H-pyrrole nitrogens is 1. The zero-order valence-electron chi connectivity index (χ0n) is 15.9. The summed E-state index contributed by atoms with van der Waals surface area (Å²) in [6.45, 7) is 6.78. The first-order valence-electron chi connectivity index (χ1n) is 9.74. The number of amides is 1. The molecule has 2 aliphatic rings. The fourth-order valence-electron chi connectivity index (χ4n) is 4.07. The van der Waals surface area contributed by atoms with E-state index in [1.807, 2.05) is 31.2 Å². The third kappa shape index (κ3) is 3.54. The minimum Gasteiger partial charge on any atom is -0.335 e. The summed E-state index contributed by atoms with van der Waals surface area (Å²) in [5, 5.41) is 0. The predicted molar refractivity (Wildman–Crippen MR) is 105 cm³/mol. The maximum absolute atomic E-state index is 12.7. The first-order valence-corrected chi connectivity index (χ1v) is 9.74. The van der Waals surface area contributed by atoms with Crippen LogP contribution in [0.25, 0.3) is 11.4 Å². The average Bonchev–Trinajstić information content (AvgIpc) is 2.62. The van der Waals surface area contributed by atoms with Crippen LogP contribution in [0.3, 0.4) is 0 Å². The summed E-state index contributed by atoms with van der Waals surface area (Å²) in [6, 6.07) is 8.76. The van der Waals surface area contributed by atoms with Crippen LogP contribution in [0.2, 0.25) is 0 Å². The number of piperidine rings is 1. The van der Waals surface area contributed by atoms with E-state index in [4.69, 9.17) is 0 Å². The molecule has 2 saturated heterocycles. The lowest BCUT2D eigenvalue weighted by Gasteiger charge is -2.49. The number of nitrogens with one attached hydrogen (secondary N) is 1. The lowest BCUT2D eigenvalue weighted by Crippen LogP contribution is -2.63. The van der Waals surface area contributed by atoms with E-state index in [0.29, 0.717) is 31.0 Å². The summed E-state index contributed by atoms with van der Waals surface area (Å²) in [5.41, 5.74) is 1.72. The molecule has 1 aromatic heterocycles. The SMILES string of the molecule is Cc1ccc(-c2ncc(C(=O)N3CC(N4CCCCC4C)C3)c(=O)[nH]2)cc1. The maximum atomic E-state index is 12.7. The summed E-state index contributed by atoms with van der Waals surface area (Å²) in [4.78, 5) is 36.5. The average molecular weight is 366 g/mol. The molecule has 0 aliphatic carbocycles. The Morgan fingerprint density at radius 3 is 2.59 bits per heavy atom. The zero-order chi connectivity index (χ0) is 19.0. The highest BCUT2D eigenvalue weighted by molar-refractivity contribution is 5.94. The number of carbonyl (C=O) groups is 1. The van der Waals surface area contributed by atoms with Crippen LogP contribution in [0, 0.1) is 6.92 Å². The Hall–Kier alpha value is -2.47. The first kappa shape index (κ1) is 17.9. The van der Waals surface area contributed by atoms with Crippen molar-refractivity contribution < 1.29 is 4.79 Å². The van der Waals surface area contributed by atoms with Crippen LogP contribution in [-0.4, -0.2) is 57.4 Å². The van der Waals surface area contributed by atoms with Gasteiger partial charge in [-0.25, -0.2) is 4.98 Å². The number of aryl methyl sites for hydroxylation is 1. The van der Waals surface area contributed by atoms with Gasteiger partial charge in [-0.05, 0) is 33.2 Å². The number of carbonyl (C=O) groups excluding carboxylic acids is 1. The van der Waals surface area contributed by atoms with Crippen LogP contribution in [0.15, 0.2) is 35.3 Å². The number of aromatic amines is 1. The lowest BCUT2D eigenvalue weighted by atomic mass is 9.97. The molecule has 0 bridgehead atoms. The largest absolute Gasteiger partial charge is 0.335 e. The number of rotatable bonds is 3. The summed E-state index contributed by atoms with van der Waals surface area (Å²) in [5.74, 6) is 0.264. The highest BCUT2D eigenvalue weighted by Crippen LogP contribution is 2.25. The van der Waals surface area contributed by atoms with Gasteiger partial charge in [-0.2, -0.15) is 0 Å². The molecular formula is C21H26N4O2. The van der Waals surface area contributed by atoms with Crippen molar-refractivity contribution in [3.63, 3.8) is 0 Å². The third-order valence-corrected chi connectivity index (χ3v) is 5.83. The molecule has 2 fully saturated rings. The van der Waals surface area contributed by atoms with Gasteiger partial charge in [0.2, 0.25) is 0 Å². The van der Waals surface area contributed by atoms with Crippen LogP contribution >= 0.6 is 0 Å². The molecule has 0 saturated carbocycles. The quantitative estimate of drug-likeness (QED) is 0.906. The number of nitrogens with zero attached hydrogens (tertiary/aromatic N) is 3. The Morgan fingerprint density at radius 1 is 1.19 bits per heavy atom. The van der Waals surface area contributed by atoms with Crippen molar-refractivity contribution in [1.29, 1.82) is 0 Å². The van der Waals surface area contributed by atoms with Crippen molar-refractivity contribution in [2.24, 2.45) is 0 Å². The molecule has 1 N–H and O–H groups in total. The predicted octanol–water partition coefficient (Wildman–Crippen LogP) is 2.44. The first-order chi connectivity index (χ1) is 13.0. The minimum atomic E-state index is -0.375. The third-order valence-electron chi connectivity index (χ3n) is 5.83. The van der Waals surface area contributed by atoms with Gasteiger partial charge in [0.1, 0.15) is 11.4 Å². The zero-order valence-corrected chi connectivity index (χ0v) is 15.9. The van der Waals surface area contributed by atoms with Gasteiger partial charge in [-0.3, -0.25) is 14.5 Å². The van der Waals surface area contributed by atoms with Crippen molar-refractivity contribution >= 4 is 5.91 Å². The smallest absolute Gasteiger partial charge is 0.264 e. The van der Waals surface area contributed by atoms with Crippen LogP contribution in [0.5, 0.6) is 0 Å². The number of hydrogen-bond acceptors (Lipinski definition) is 4. The molecule has 27 heavy (non-hydrogen) atoms. The topological polar surface area (TPSA) is 69.3 Å². The van der Waals surface area contributed by atoms with Crippen molar-refractivity contribution in [2.75, 3.05) is 19.6 Å². The van der Waals surface area contributed by atoms with E-state index in [1.54, 1.807) is 4.90 Å². The number of hydrogen-bond donors (Lipinski definition) is 1. The van der Waals surface area contributed by atoms with Crippen molar-refractivity contribution in [3.8, 4) is 11.4 Å². The minimum absolute atomic E-state index is 0.121. The van der Waals surface area contributed by atoms with Crippen molar-refractivity contribution in [3.05, 3.63) is 51.9 Å². The molecule has 6 heteroatoms. The highest BCUT2D eigenvalue weighted by Gasteiger charge is 2.38. The van der Waals surface area contributed by atoms with Gasteiger partial charge in [0.05, 0.1) is 0 Å². The molecule has 0 radical (unpaired) electrons. The molecule has 1 atom stereocenters. The molecule has 142 valence electrons. The number of likely N-dealkylation sites (tertiary alicyclic amines) is 2. The standard InChI is InChI=1S/C21H26N4O2/c1-14-6-8-16(9-7-14)19-22-11-18(20(26)23-19)21(27)24-12-17(13-24)25-10-4-3-5-15(25)2/h6-9,11,15,17H,3-5,10,12-13H2,1-2H3,(H,22,23,26). The van der Waals surface area contributed by atoms with Crippen LogP contribution in [0.4, 0.5) is 0 Å². The summed E-state index contributed by atoms with van der Waals surface area (Å²) < 4.78 is 0. The van der Waals surface area contributed by atoms with Crippen molar-refractivity contribution in [2.45, 2.75) is 45.2 Å². The van der Waals surface area contributed by atoms with E-state index in [0.717, 1.165) is 17.7 Å². The summed E-state index contributed by atoms with van der Waals surface area (Å²) in [6.07, 6.45) is 5.17. The molecule has 1 amide bonds. The maximum Gasteiger partial charge on any atom is 0.264 e. The van der Waals surface area contributed by atoms with E-state index < -0.39 is 0 Å². The van der Waals surface area contributed by atoms with Gasteiger partial charge in [0.25, 0.3) is 11.5 Å². The van der Waals surface area contributed by atoms with Crippen LogP contribution in [0.1, 0.15) is 42.1 Å². The van der Waals surface area contributed by atoms with E-state index >= 15 is 0 Å². The normalized spacial score (nSPS) is 21.1. The van der Waals surface area contributed by atoms with Gasteiger partial charge in [-0.1, -0.05) is 36.2 Å². The van der Waals surface area contributed by atoms with Crippen molar-refractivity contribution in [1.82, 2.24) is 19.8 Å². The fourth-order valence-corrected chi connectivity index (χ4v) is 4.07. The van der Waals surface area contributed by atoms with E-state index in [-0.39, 0.29) is 17.0 Å². The molecule has 1 unspecified atom stereocenters. The highest BCUT2D eigenvalue weighted by atomic mass is 16.2. The number of aromatic nitrogens is 2. The van der Waals surface area contributed by atoms with Gasteiger partial charge in [0.15, 0.2) is 0 Å². The second-order valence-electron chi connectivity index (χ2n) is 7.79. The van der Waals surface area contributed by atoms with Crippen LogP contribution in [-0.2, 0) is 0 Å². The van der Waals surface area contributed by atoms with Gasteiger partial charge in [0, 0.05) is 36.9 Å². The monoisotopic (exact) mass is 366 g/mol. The second-order valence-corrected chi connectivity index (χ2v) is 7.79. The molecule has 4 rings (SSSR count). The molecule has 1 aromatic carbocycles. The molecule has 2 aliphatic heterocycles. The molecule has 0 spiro atoms. The molecule has 2 aromatic rings. The summed E-state index contributed by atoms with van der Waals surface area (Å²) >= 11 is 0. The molecular weight excluding hydrogens is 340 g/mol. The molecule has 6 nitrogen and oxygen atoms in total. The van der Waals surface area contributed by atoms with Gasteiger partial charge < -0.3 is 9.88 Å².